The summed E-state index contributed by atoms with van der Waals surface area (Å²) in [6.07, 6.45) is 5.22. The minimum absolute atomic E-state index is 0.0506. The first kappa shape index (κ1) is 22.9. The lowest BCUT2D eigenvalue weighted by Crippen LogP contribution is -2.51. The number of piperidine rings is 1. The Morgan fingerprint density at radius 2 is 1.82 bits per heavy atom. The van der Waals surface area contributed by atoms with Gasteiger partial charge in [-0.2, -0.15) is 0 Å². The molecule has 3 aromatic rings. The van der Waals surface area contributed by atoms with E-state index in [-0.39, 0.29) is 6.04 Å². The summed E-state index contributed by atoms with van der Waals surface area (Å²) in [4.78, 5) is 6.96. The van der Waals surface area contributed by atoms with Crippen molar-refractivity contribution in [3.05, 3.63) is 47.5 Å². The van der Waals surface area contributed by atoms with Crippen LogP contribution in [0.1, 0.15) is 25.7 Å². The largest absolute Gasteiger partial charge is 0.492 e. The van der Waals surface area contributed by atoms with E-state index in [4.69, 9.17) is 21.1 Å². The van der Waals surface area contributed by atoms with Crippen LogP contribution in [0.3, 0.4) is 0 Å². The molecule has 10 heteroatoms. The van der Waals surface area contributed by atoms with Crippen LogP contribution in [0.5, 0.6) is 16.7 Å². The predicted molar refractivity (Wildman–Crippen MR) is 131 cm³/mol. The number of thiazole rings is 1. The van der Waals surface area contributed by atoms with E-state index in [0.29, 0.717) is 34.7 Å². The number of benzene rings is 2. The third-order valence-electron chi connectivity index (χ3n) is 6.24. The minimum Gasteiger partial charge on any atom is -0.492 e. The summed E-state index contributed by atoms with van der Waals surface area (Å²) >= 11 is 7.50. The van der Waals surface area contributed by atoms with Gasteiger partial charge in [0.15, 0.2) is 0 Å². The number of nitrogens with one attached hydrogen (secondary N) is 1. The molecule has 2 aliphatic heterocycles. The Morgan fingerprint density at radius 3 is 2.52 bits per heavy atom. The van der Waals surface area contributed by atoms with Crippen molar-refractivity contribution in [3.63, 3.8) is 0 Å². The van der Waals surface area contributed by atoms with Crippen LogP contribution in [-0.2, 0) is 10.0 Å². The number of fused-ring (bicyclic) bond motifs is 3. The molecular weight excluding hydrogens is 482 g/mol. The van der Waals surface area contributed by atoms with E-state index in [1.54, 1.807) is 0 Å². The second kappa shape index (κ2) is 9.38. The normalized spacial score (nSPS) is 23.2. The summed E-state index contributed by atoms with van der Waals surface area (Å²) in [5.41, 5.74) is 0.865. The summed E-state index contributed by atoms with van der Waals surface area (Å²) in [6.45, 7) is 1.43. The molecule has 1 aromatic heterocycles. The zero-order chi connectivity index (χ0) is 23.0. The molecule has 2 aliphatic rings. The zero-order valence-corrected chi connectivity index (χ0v) is 20.6. The number of ether oxygens (including phenoxy) is 2. The van der Waals surface area contributed by atoms with Crippen molar-refractivity contribution < 1.29 is 17.9 Å². The fraction of sp³-hybridized carbons (Fsp3) is 0.435. The van der Waals surface area contributed by atoms with Gasteiger partial charge in [0.1, 0.15) is 18.1 Å². The van der Waals surface area contributed by atoms with Crippen molar-refractivity contribution in [2.24, 2.45) is 0 Å². The van der Waals surface area contributed by atoms with Crippen molar-refractivity contribution in [2.45, 2.75) is 43.8 Å². The van der Waals surface area contributed by atoms with Crippen molar-refractivity contribution in [1.82, 2.24) is 14.6 Å². The third-order valence-corrected chi connectivity index (χ3v) is 8.14. The van der Waals surface area contributed by atoms with E-state index in [0.717, 1.165) is 48.2 Å². The Morgan fingerprint density at radius 1 is 1.12 bits per heavy atom. The molecule has 33 heavy (non-hydrogen) atoms. The lowest BCUT2D eigenvalue weighted by atomic mass is 9.98. The molecule has 3 atom stereocenters. The van der Waals surface area contributed by atoms with Gasteiger partial charge in [-0.15, -0.1) is 0 Å². The highest BCUT2D eigenvalue weighted by Crippen LogP contribution is 2.36. The molecule has 0 amide bonds. The van der Waals surface area contributed by atoms with Gasteiger partial charge in [-0.1, -0.05) is 22.9 Å². The molecule has 3 heterocycles. The van der Waals surface area contributed by atoms with Crippen LogP contribution in [0.2, 0.25) is 5.02 Å². The molecule has 2 saturated heterocycles. The van der Waals surface area contributed by atoms with Gasteiger partial charge in [0.05, 0.1) is 16.5 Å². The topological polar surface area (TPSA) is 80.8 Å². The maximum absolute atomic E-state index is 11.6. The SMILES string of the molecule is CS(=O)(=O)N[C@H]1C[C@H]2CC[C@@H](C1)N2CCOc1ccc(Oc2nc3ccc(Cl)cc3s2)cc1. The number of hydrogen-bond acceptors (Lipinski definition) is 7. The van der Waals surface area contributed by atoms with E-state index in [1.807, 2.05) is 42.5 Å². The monoisotopic (exact) mass is 507 g/mol. The first-order valence-electron chi connectivity index (χ1n) is 11.0. The number of nitrogens with zero attached hydrogens (tertiary/aromatic N) is 2. The third kappa shape index (κ3) is 5.60. The van der Waals surface area contributed by atoms with E-state index >= 15 is 0 Å². The summed E-state index contributed by atoms with van der Waals surface area (Å²) in [5, 5.41) is 1.26. The number of sulfonamides is 1. The zero-order valence-electron chi connectivity index (χ0n) is 18.2. The summed E-state index contributed by atoms with van der Waals surface area (Å²) in [7, 11) is -3.16. The average Bonchev–Trinajstić information content (AvgIpc) is 3.24. The standard InChI is InChI=1S/C23H26ClN3O4S2/c1-33(28,29)26-16-13-17-3-4-18(14-16)27(17)10-11-30-19-5-7-20(8-6-19)31-23-25-21-9-2-15(24)12-22(21)32-23/h2,5-9,12,16-18,26H,3-4,10-11,13-14H2,1H3/t16-,17+,18-. The predicted octanol–water partition coefficient (Wildman–Crippen LogP) is 4.67. The van der Waals surface area contributed by atoms with Crippen LogP contribution in [-0.4, -0.2) is 55.8 Å². The van der Waals surface area contributed by atoms with Crippen molar-refractivity contribution in [1.29, 1.82) is 0 Å². The number of rotatable bonds is 8. The second-order valence-electron chi connectivity index (χ2n) is 8.69. The van der Waals surface area contributed by atoms with Gasteiger partial charge in [0.25, 0.3) is 5.19 Å². The second-order valence-corrected chi connectivity index (χ2v) is 11.9. The molecule has 5 rings (SSSR count). The van der Waals surface area contributed by atoms with Crippen molar-refractivity contribution in [3.8, 4) is 16.7 Å². The lowest BCUT2D eigenvalue weighted by molar-refractivity contribution is 0.103. The molecule has 1 N–H and O–H groups in total. The van der Waals surface area contributed by atoms with Crippen LogP contribution >= 0.6 is 22.9 Å². The van der Waals surface area contributed by atoms with Gasteiger partial charge in [-0.3, -0.25) is 4.90 Å². The highest BCUT2D eigenvalue weighted by molar-refractivity contribution is 7.88. The smallest absolute Gasteiger partial charge is 0.279 e. The van der Waals surface area contributed by atoms with Crippen LogP contribution in [0.25, 0.3) is 10.2 Å². The van der Waals surface area contributed by atoms with E-state index < -0.39 is 10.0 Å². The molecule has 0 aliphatic carbocycles. The highest BCUT2D eigenvalue weighted by Gasteiger charge is 2.41. The van der Waals surface area contributed by atoms with Gasteiger partial charge in [-0.25, -0.2) is 18.1 Å². The van der Waals surface area contributed by atoms with E-state index in [2.05, 4.69) is 14.6 Å². The van der Waals surface area contributed by atoms with Gasteiger partial charge < -0.3 is 9.47 Å². The van der Waals surface area contributed by atoms with Gasteiger partial charge in [0.2, 0.25) is 10.0 Å². The number of aromatic nitrogens is 1. The number of hydrogen-bond donors (Lipinski definition) is 1. The van der Waals surface area contributed by atoms with Crippen LogP contribution in [0, 0.1) is 0 Å². The molecular formula is C23H26ClN3O4S2. The molecule has 2 fully saturated rings. The van der Waals surface area contributed by atoms with E-state index in [1.165, 1.54) is 17.6 Å². The van der Waals surface area contributed by atoms with Crippen molar-refractivity contribution >= 4 is 43.2 Å². The summed E-state index contributed by atoms with van der Waals surface area (Å²) < 4.78 is 38.8. The van der Waals surface area contributed by atoms with Gasteiger partial charge >= 0.3 is 0 Å². The van der Waals surface area contributed by atoms with Gasteiger partial charge in [-0.05, 0) is 68.1 Å². The highest BCUT2D eigenvalue weighted by atomic mass is 35.5. The Kier molecular flexibility index (Phi) is 6.50. The summed E-state index contributed by atoms with van der Waals surface area (Å²) in [5.74, 6) is 1.49. The molecule has 0 unspecified atom stereocenters. The Labute approximate surface area is 202 Å². The Hall–Kier alpha value is -1.91. The fourth-order valence-corrected chi connectivity index (χ4v) is 6.84. The number of halogens is 1. The molecule has 2 aromatic carbocycles. The molecule has 2 bridgehead atoms. The van der Waals surface area contributed by atoms with E-state index in [9.17, 15) is 8.42 Å². The fourth-order valence-electron chi connectivity index (χ4n) is 4.93. The first-order chi connectivity index (χ1) is 15.8. The van der Waals surface area contributed by atoms with Crippen LogP contribution < -0.4 is 14.2 Å². The van der Waals surface area contributed by atoms with Crippen molar-refractivity contribution in [2.75, 3.05) is 19.4 Å². The minimum atomic E-state index is -3.16. The maximum atomic E-state index is 11.6. The molecule has 0 radical (unpaired) electrons. The average molecular weight is 508 g/mol. The first-order valence-corrected chi connectivity index (χ1v) is 14.1. The summed E-state index contributed by atoms with van der Waals surface area (Å²) in [6, 6.07) is 14.0. The molecule has 7 nitrogen and oxygen atoms in total. The Bertz CT molecular complexity index is 1220. The molecule has 0 spiro atoms. The van der Waals surface area contributed by atoms with Crippen LogP contribution in [0.4, 0.5) is 0 Å². The van der Waals surface area contributed by atoms with Crippen LogP contribution in [0.15, 0.2) is 42.5 Å². The molecule has 176 valence electrons. The quantitative estimate of drug-likeness (QED) is 0.477. The molecule has 0 saturated carbocycles. The maximum Gasteiger partial charge on any atom is 0.279 e. The van der Waals surface area contributed by atoms with Gasteiger partial charge in [0, 0.05) is 29.7 Å². The lowest BCUT2D eigenvalue weighted by Gasteiger charge is -2.38. The Balaban J connectivity index is 1.12.